The molecule has 0 saturated carbocycles. The van der Waals surface area contributed by atoms with E-state index in [2.05, 4.69) is 16.5 Å². The molecule has 0 unspecified atom stereocenters. The molecule has 0 bridgehead atoms. The molecule has 1 fully saturated rings. The van der Waals surface area contributed by atoms with E-state index in [-0.39, 0.29) is 4.90 Å². The molecule has 1 N–H and O–H groups in total. The summed E-state index contributed by atoms with van der Waals surface area (Å²) in [4.78, 5) is 2.41. The SMILES string of the molecule is Cc1ccc(F)cc1S(=O)(=O)NCCCN1CCC[C@@H](C)C1. The van der Waals surface area contributed by atoms with Gasteiger partial charge in [0.25, 0.3) is 0 Å². The number of rotatable bonds is 6. The first-order valence-corrected chi connectivity index (χ1v) is 9.35. The van der Waals surface area contributed by atoms with Crippen LogP contribution >= 0.6 is 0 Å². The largest absolute Gasteiger partial charge is 0.303 e. The average molecular weight is 328 g/mol. The number of likely N-dealkylation sites (tertiary alicyclic amines) is 1. The van der Waals surface area contributed by atoms with Crippen molar-refractivity contribution < 1.29 is 12.8 Å². The van der Waals surface area contributed by atoms with E-state index in [1.807, 2.05) is 0 Å². The van der Waals surface area contributed by atoms with Gasteiger partial charge < -0.3 is 4.90 Å². The highest BCUT2D eigenvalue weighted by Gasteiger charge is 2.18. The van der Waals surface area contributed by atoms with E-state index >= 15 is 0 Å². The maximum absolute atomic E-state index is 13.2. The Hall–Kier alpha value is -0.980. The van der Waals surface area contributed by atoms with Gasteiger partial charge in [-0.15, -0.1) is 0 Å². The Bertz CT molecular complexity index is 604. The molecule has 1 aliphatic rings. The number of benzene rings is 1. The number of piperidine rings is 1. The normalized spacial score (nSPS) is 20.2. The van der Waals surface area contributed by atoms with Crippen LogP contribution in [0.3, 0.4) is 0 Å². The Morgan fingerprint density at radius 1 is 1.41 bits per heavy atom. The smallest absolute Gasteiger partial charge is 0.240 e. The van der Waals surface area contributed by atoms with Gasteiger partial charge in [-0.1, -0.05) is 13.0 Å². The van der Waals surface area contributed by atoms with Gasteiger partial charge in [0.2, 0.25) is 10.0 Å². The van der Waals surface area contributed by atoms with Crippen LogP contribution < -0.4 is 4.72 Å². The summed E-state index contributed by atoms with van der Waals surface area (Å²) < 4.78 is 40.3. The monoisotopic (exact) mass is 328 g/mol. The molecule has 1 aliphatic heterocycles. The van der Waals surface area contributed by atoms with Gasteiger partial charge in [0, 0.05) is 13.1 Å². The third kappa shape index (κ3) is 4.76. The molecule has 0 radical (unpaired) electrons. The van der Waals surface area contributed by atoms with Gasteiger partial charge in [-0.05, 0) is 62.9 Å². The number of nitrogens with one attached hydrogen (secondary N) is 1. The predicted molar refractivity (Wildman–Crippen MR) is 85.8 cm³/mol. The maximum atomic E-state index is 13.2. The average Bonchev–Trinajstić information content (AvgIpc) is 2.46. The molecule has 1 saturated heterocycles. The van der Waals surface area contributed by atoms with Gasteiger partial charge in [0.15, 0.2) is 0 Å². The second kappa shape index (κ2) is 7.53. The van der Waals surface area contributed by atoms with Gasteiger partial charge in [0.05, 0.1) is 4.90 Å². The van der Waals surface area contributed by atoms with Crippen molar-refractivity contribution in [3.05, 3.63) is 29.6 Å². The van der Waals surface area contributed by atoms with Crippen LogP contribution in [0.5, 0.6) is 0 Å². The van der Waals surface area contributed by atoms with Crippen LogP contribution in [0.25, 0.3) is 0 Å². The number of halogens is 1. The summed E-state index contributed by atoms with van der Waals surface area (Å²) in [6.45, 7) is 7.39. The van der Waals surface area contributed by atoms with E-state index in [9.17, 15) is 12.8 Å². The first kappa shape index (κ1) is 17.4. The molecule has 2 rings (SSSR count). The summed E-state index contributed by atoms with van der Waals surface area (Å²) >= 11 is 0. The summed E-state index contributed by atoms with van der Waals surface area (Å²) in [7, 11) is -3.64. The van der Waals surface area contributed by atoms with Crippen molar-refractivity contribution in [1.82, 2.24) is 9.62 Å². The summed E-state index contributed by atoms with van der Waals surface area (Å²) in [5, 5.41) is 0. The second-order valence-electron chi connectivity index (χ2n) is 6.21. The summed E-state index contributed by atoms with van der Waals surface area (Å²) in [5.41, 5.74) is 0.554. The zero-order chi connectivity index (χ0) is 16.2. The van der Waals surface area contributed by atoms with Crippen molar-refractivity contribution >= 4 is 10.0 Å². The lowest BCUT2D eigenvalue weighted by atomic mass is 10.0. The fraction of sp³-hybridized carbons (Fsp3) is 0.625. The van der Waals surface area contributed by atoms with Crippen molar-refractivity contribution in [3.8, 4) is 0 Å². The zero-order valence-electron chi connectivity index (χ0n) is 13.3. The van der Waals surface area contributed by atoms with E-state index in [1.54, 1.807) is 6.92 Å². The van der Waals surface area contributed by atoms with Crippen molar-refractivity contribution in [2.45, 2.75) is 38.0 Å². The molecular formula is C16H25FN2O2S. The van der Waals surface area contributed by atoms with Crippen LogP contribution in [0, 0.1) is 18.7 Å². The Balaban J connectivity index is 1.84. The number of hydrogen-bond donors (Lipinski definition) is 1. The van der Waals surface area contributed by atoms with Gasteiger partial charge in [-0.25, -0.2) is 17.5 Å². The highest BCUT2D eigenvalue weighted by atomic mass is 32.2. The predicted octanol–water partition coefficient (Wildman–Crippen LogP) is 2.53. The molecule has 0 spiro atoms. The minimum absolute atomic E-state index is 0.0269. The fourth-order valence-corrected chi connectivity index (χ4v) is 4.27. The van der Waals surface area contributed by atoms with Crippen LogP contribution in [-0.4, -0.2) is 39.5 Å². The van der Waals surface area contributed by atoms with Crippen molar-refractivity contribution in [1.29, 1.82) is 0 Å². The zero-order valence-corrected chi connectivity index (χ0v) is 14.1. The molecule has 0 amide bonds. The molecular weight excluding hydrogens is 303 g/mol. The topological polar surface area (TPSA) is 49.4 Å². The number of nitrogens with zero attached hydrogens (tertiary/aromatic N) is 1. The van der Waals surface area contributed by atoms with Crippen LogP contribution in [-0.2, 0) is 10.0 Å². The highest BCUT2D eigenvalue weighted by molar-refractivity contribution is 7.89. The molecule has 4 nitrogen and oxygen atoms in total. The summed E-state index contributed by atoms with van der Waals surface area (Å²) in [6.07, 6.45) is 3.26. The Morgan fingerprint density at radius 2 is 2.18 bits per heavy atom. The molecule has 6 heteroatoms. The van der Waals surface area contributed by atoms with E-state index in [0.717, 1.165) is 38.0 Å². The van der Waals surface area contributed by atoms with Crippen LogP contribution in [0.1, 0.15) is 31.7 Å². The highest BCUT2D eigenvalue weighted by Crippen LogP contribution is 2.17. The lowest BCUT2D eigenvalue weighted by molar-refractivity contribution is 0.182. The fourth-order valence-electron chi connectivity index (χ4n) is 2.94. The first-order chi connectivity index (χ1) is 10.4. The standard InChI is InChI=1S/C16H25FN2O2S/c1-13-5-3-9-19(12-13)10-4-8-18-22(20,21)16-11-15(17)7-6-14(16)2/h6-7,11,13,18H,3-5,8-10,12H2,1-2H3/t13-/m1/s1. The van der Waals surface area contributed by atoms with Crippen LogP contribution in [0.2, 0.25) is 0 Å². The minimum atomic E-state index is -3.64. The first-order valence-electron chi connectivity index (χ1n) is 7.86. The molecule has 22 heavy (non-hydrogen) atoms. The van der Waals surface area contributed by atoms with Crippen molar-refractivity contribution in [2.75, 3.05) is 26.2 Å². The van der Waals surface area contributed by atoms with Crippen molar-refractivity contribution in [2.24, 2.45) is 5.92 Å². The van der Waals surface area contributed by atoms with Gasteiger partial charge >= 0.3 is 0 Å². The third-order valence-electron chi connectivity index (χ3n) is 4.12. The van der Waals surface area contributed by atoms with Gasteiger partial charge in [-0.2, -0.15) is 0 Å². The molecule has 0 aromatic heterocycles. The summed E-state index contributed by atoms with van der Waals surface area (Å²) in [5.74, 6) is 0.189. The third-order valence-corrected chi connectivity index (χ3v) is 5.73. The van der Waals surface area contributed by atoms with Crippen LogP contribution in [0.4, 0.5) is 4.39 Å². The number of sulfonamides is 1. The lowest BCUT2D eigenvalue weighted by Crippen LogP contribution is -2.36. The Morgan fingerprint density at radius 3 is 2.91 bits per heavy atom. The Labute approximate surface area is 132 Å². The van der Waals surface area contributed by atoms with Gasteiger partial charge in [-0.3, -0.25) is 0 Å². The number of aryl methyl sites for hydroxylation is 1. The quantitative estimate of drug-likeness (QED) is 0.817. The van der Waals surface area contributed by atoms with E-state index in [0.29, 0.717) is 12.1 Å². The molecule has 1 heterocycles. The van der Waals surface area contributed by atoms with E-state index in [1.165, 1.54) is 25.0 Å². The molecule has 124 valence electrons. The Kier molecular flexibility index (Phi) is 5.94. The second-order valence-corrected chi connectivity index (χ2v) is 7.94. The lowest BCUT2D eigenvalue weighted by Gasteiger charge is -2.30. The van der Waals surface area contributed by atoms with Gasteiger partial charge in [0.1, 0.15) is 5.82 Å². The molecule has 1 aromatic carbocycles. The van der Waals surface area contributed by atoms with Crippen molar-refractivity contribution in [3.63, 3.8) is 0 Å². The molecule has 1 aromatic rings. The van der Waals surface area contributed by atoms with Crippen LogP contribution in [0.15, 0.2) is 23.1 Å². The molecule has 1 atom stereocenters. The summed E-state index contributed by atoms with van der Waals surface area (Å²) in [6, 6.07) is 3.83. The van der Waals surface area contributed by atoms with E-state index in [4.69, 9.17) is 0 Å². The maximum Gasteiger partial charge on any atom is 0.240 e. The number of hydrogen-bond acceptors (Lipinski definition) is 3. The molecule has 0 aliphatic carbocycles. The van der Waals surface area contributed by atoms with E-state index < -0.39 is 15.8 Å². The minimum Gasteiger partial charge on any atom is -0.303 e.